The number of benzene rings is 1. The highest BCUT2D eigenvalue weighted by atomic mass is 16.5. The fourth-order valence-corrected chi connectivity index (χ4v) is 2.49. The zero-order chi connectivity index (χ0) is 16.4. The first-order valence-corrected chi connectivity index (χ1v) is 7.31. The molecule has 0 aliphatic heterocycles. The molecule has 0 aliphatic rings. The van der Waals surface area contributed by atoms with Gasteiger partial charge in [-0.05, 0) is 37.6 Å². The fourth-order valence-electron chi connectivity index (χ4n) is 2.49. The number of carbonyl (C=O) groups is 1. The monoisotopic (exact) mass is 310 g/mol. The molecular weight excluding hydrogens is 292 g/mol. The average molecular weight is 310 g/mol. The standard InChI is InChI=1S/C17H18N4O2/c1-11-7-12(2)21-16(20-11)15(10-19-21)17(22)18-9-13-5-4-6-14(8-13)23-3/h4-8,10H,9H2,1-3H3,(H,18,22). The summed E-state index contributed by atoms with van der Waals surface area (Å²) in [5.41, 5.74) is 3.82. The van der Waals surface area contributed by atoms with Crippen LogP contribution in [0.15, 0.2) is 36.5 Å². The van der Waals surface area contributed by atoms with E-state index in [0.29, 0.717) is 17.8 Å². The predicted octanol–water partition coefficient (Wildman–Crippen LogP) is 2.28. The van der Waals surface area contributed by atoms with Crippen LogP contribution in [0.3, 0.4) is 0 Å². The fraction of sp³-hybridized carbons (Fsp3) is 0.235. The molecule has 2 heterocycles. The van der Waals surface area contributed by atoms with Gasteiger partial charge in [0.05, 0.1) is 13.3 Å². The number of carbonyl (C=O) groups excluding carboxylic acids is 1. The summed E-state index contributed by atoms with van der Waals surface area (Å²) in [6.07, 6.45) is 1.55. The van der Waals surface area contributed by atoms with Crippen molar-refractivity contribution in [2.24, 2.45) is 0 Å². The summed E-state index contributed by atoms with van der Waals surface area (Å²) in [5.74, 6) is 0.570. The molecule has 3 rings (SSSR count). The van der Waals surface area contributed by atoms with E-state index in [9.17, 15) is 4.79 Å². The van der Waals surface area contributed by atoms with Crippen LogP contribution in [-0.2, 0) is 6.54 Å². The normalized spacial score (nSPS) is 10.7. The quantitative estimate of drug-likeness (QED) is 0.803. The van der Waals surface area contributed by atoms with Crippen molar-refractivity contribution >= 4 is 11.6 Å². The molecule has 3 aromatic rings. The van der Waals surface area contributed by atoms with E-state index in [-0.39, 0.29) is 5.91 Å². The zero-order valence-electron chi connectivity index (χ0n) is 13.3. The molecule has 6 nitrogen and oxygen atoms in total. The van der Waals surface area contributed by atoms with Crippen molar-refractivity contribution in [1.82, 2.24) is 19.9 Å². The Labute approximate surface area is 134 Å². The lowest BCUT2D eigenvalue weighted by molar-refractivity contribution is 0.0952. The van der Waals surface area contributed by atoms with Crippen LogP contribution in [0.5, 0.6) is 5.75 Å². The minimum atomic E-state index is -0.194. The van der Waals surface area contributed by atoms with E-state index in [1.54, 1.807) is 17.8 Å². The molecular formula is C17H18N4O2. The highest BCUT2D eigenvalue weighted by Gasteiger charge is 2.15. The summed E-state index contributed by atoms with van der Waals surface area (Å²) in [6.45, 7) is 4.25. The second-order valence-corrected chi connectivity index (χ2v) is 5.37. The lowest BCUT2D eigenvalue weighted by Crippen LogP contribution is -2.22. The number of aromatic nitrogens is 3. The molecule has 0 bridgehead atoms. The molecule has 118 valence electrons. The van der Waals surface area contributed by atoms with Gasteiger partial charge in [0.2, 0.25) is 0 Å². The number of rotatable bonds is 4. The van der Waals surface area contributed by atoms with Gasteiger partial charge in [-0.25, -0.2) is 9.50 Å². The molecule has 0 saturated carbocycles. The average Bonchev–Trinajstić information content (AvgIpc) is 2.97. The van der Waals surface area contributed by atoms with E-state index >= 15 is 0 Å². The van der Waals surface area contributed by atoms with Gasteiger partial charge in [-0.15, -0.1) is 0 Å². The van der Waals surface area contributed by atoms with Crippen LogP contribution in [0, 0.1) is 13.8 Å². The summed E-state index contributed by atoms with van der Waals surface area (Å²) >= 11 is 0. The Bertz CT molecular complexity index is 870. The topological polar surface area (TPSA) is 68.5 Å². The minimum absolute atomic E-state index is 0.194. The minimum Gasteiger partial charge on any atom is -0.497 e. The molecule has 0 aliphatic carbocycles. The van der Waals surface area contributed by atoms with E-state index in [1.165, 1.54) is 0 Å². The van der Waals surface area contributed by atoms with Gasteiger partial charge in [0.1, 0.15) is 11.3 Å². The van der Waals surface area contributed by atoms with Crippen molar-refractivity contribution in [2.45, 2.75) is 20.4 Å². The maximum atomic E-state index is 12.4. The zero-order valence-corrected chi connectivity index (χ0v) is 13.3. The van der Waals surface area contributed by atoms with Crippen molar-refractivity contribution in [3.63, 3.8) is 0 Å². The smallest absolute Gasteiger partial charge is 0.257 e. The maximum absolute atomic E-state index is 12.4. The molecule has 6 heteroatoms. The summed E-state index contributed by atoms with van der Waals surface area (Å²) in [5, 5.41) is 7.13. The van der Waals surface area contributed by atoms with Crippen molar-refractivity contribution in [1.29, 1.82) is 0 Å². The molecule has 2 aromatic heterocycles. The third kappa shape index (κ3) is 3.01. The second kappa shape index (κ2) is 6.08. The first-order valence-electron chi connectivity index (χ1n) is 7.31. The lowest BCUT2D eigenvalue weighted by Gasteiger charge is -2.06. The van der Waals surface area contributed by atoms with E-state index < -0.39 is 0 Å². The molecule has 0 spiro atoms. The highest BCUT2D eigenvalue weighted by Crippen LogP contribution is 2.14. The summed E-state index contributed by atoms with van der Waals surface area (Å²) < 4.78 is 6.86. The second-order valence-electron chi connectivity index (χ2n) is 5.37. The van der Waals surface area contributed by atoms with Gasteiger partial charge >= 0.3 is 0 Å². The van der Waals surface area contributed by atoms with Gasteiger partial charge in [0.15, 0.2) is 5.65 Å². The Morgan fingerprint density at radius 1 is 1.30 bits per heavy atom. The van der Waals surface area contributed by atoms with Crippen molar-refractivity contribution < 1.29 is 9.53 Å². The Morgan fingerprint density at radius 3 is 2.91 bits per heavy atom. The van der Waals surface area contributed by atoms with Crippen molar-refractivity contribution in [2.75, 3.05) is 7.11 Å². The van der Waals surface area contributed by atoms with E-state index in [0.717, 1.165) is 22.7 Å². The molecule has 1 aromatic carbocycles. The van der Waals surface area contributed by atoms with Crippen LogP contribution in [0.25, 0.3) is 5.65 Å². The van der Waals surface area contributed by atoms with Crippen molar-refractivity contribution in [3.8, 4) is 5.75 Å². The van der Waals surface area contributed by atoms with Gasteiger partial charge in [0.25, 0.3) is 5.91 Å². The van der Waals surface area contributed by atoms with Gasteiger partial charge in [-0.2, -0.15) is 5.10 Å². The molecule has 1 amide bonds. The largest absolute Gasteiger partial charge is 0.497 e. The third-order valence-corrected chi connectivity index (χ3v) is 3.61. The van der Waals surface area contributed by atoms with E-state index in [2.05, 4.69) is 15.4 Å². The predicted molar refractivity (Wildman–Crippen MR) is 86.6 cm³/mol. The maximum Gasteiger partial charge on any atom is 0.257 e. The van der Waals surface area contributed by atoms with Gasteiger partial charge in [-0.3, -0.25) is 4.79 Å². The Kier molecular flexibility index (Phi) is 3.97. The Hall–Kier alpha value is -2.89. The first kappa shape index (κ1) is 15.0. The van der Waals surface area contributed by atoms with E-state index in [1.807, 2.05) is 44.2 Å². The number of hydrogen-bond donors (Lipinski definition) is 1. The molecule has 1 N–H and O–H groups in total. The molecule has 0 unspecified atom stereocenters. The number of amides is 1. The number of hydrogen-bond acceptors (Lipinski definition) is 4. The van der Waals surface area contributed by atoms with Crippen LogP contribution >= 0.6 is 0 Å². The number of methoxy groups -OCH3 is 1. The number of fused-ring (bicyclic) bond motifs is 1. The van der Waals surface area contributed by atoms with Crippen LogP contribution < -0.4 is 10.1 Å². The number of nitrogens with zero attached hydrogens (tertiary/aromatic N) is 3. The summed E-state index contributed by atoms with van der Waals surface area (Å²) in [6, 6.07) is 9.52. The Balaban J connectivity index is 1.81. The SMILES string of the molecule is COc1cccc(CNC(=O)c2cnn3c(C)cc(C)nc23)c1. The summed E-state index contributed by atoms with van der Waals surface area (Å²) in [7, 11) is 1.62. The number of ether oxygens (including phenoxy) is 1. The highest BCUT2D eigenvalue weighted by molar-refractivity contribution is 5.99. The number of nitrogens with one attached hydrogen (secondary N) is 1. The van der Waals surface area contributed by atoms with Crippen LogP contribution in [0.2, 0.25) is 0 Å². The van der Waals surface area contributed by atoms with Crippen LogP contribution in [0.1, 0.15) is 27.3 Å². The molecule has 0 atom stereocenters. The van der Waals surface area contributed by atoms with Gasteiger partial charge in [0, 0.05) is 17.9 Å². The van der Waals surface area contributed by atoms with Crippen LogP contribution in [-0.4, -0.2) is 27.6 Å². The molecule has 23 heavy (non-hydrogen) atoms. The third-order valence-electron chi connectivity index (χ3n) is 3.61. The number of aryl methyl sites for hydroxylation is 2. The van der Waals surface area contributed by atoms with Crippen LogP contribution in [0.4, 0.5) is 0 Å². The lowest BCUT2D eigenvalue weighted by atomic mass is 10.2. The summed E-state index contributed by atoms with van der Waals surface area (Å²) in [4.78, 5) is 16.9. The van der Waals surface area contributed by atoms with E-state index in [4.69, 9.17) is 4.74 Å². The Morgan fingerprint density at radius 2 is 2.13 bits per heavy atom. The molecule has 0 radical (unpaired) electrons. The molecule has 0 saturated heterocycles. The first-order chi connectivity index (χ1) is 11.1. The molecule has 0 fully saturated rings. The van der Waals surface area contributed by atoms with Gasteiger partial charge in [-0.1, -0.05) is 12.1 Å². The van der Waals surface area contributed by atoms with Crippen molar-refractivity contribution in [3.05, 3.63) is 59.0 Å². The van der Waals surface area contributed by atoms with Gasteiger partial charge < -0.3 is 10.1 Å².